The van der Waals surface area contributed by atoms with Crippen molar-refractivity contribution in [2.24, 2.45) is 17.8 Å². The number of unbranched alkanes of at least 4 members (excludes halogenated alkanes) is 2. The third-order valence-electron chi connectivity index (χ3n) is 7.12. The fraction of sp³-hybridized carbons (Fsp3) is 0.654. The SMILES string of the molecule is CCCCCC1CCC(/C=C/C2CCC(c3ccc(C#N)c(F)c3)CC2)CC1. The molecule has 0 heterocycles. The van der Waals surface area contributed by atoms with Crippen LogP contribution in [0.2, 0.25) is 0 Å². The minimum Gasteiger partial charge on any atom is -0.206 e. The Kier molecular flexibility index (Phi) is 8.13. The maximum Gasteiger partial charge on any atom is 0.141 e. The van der Waals surface area contributed by atoms with Gasteiger partial charge in [-0.2, -0.15) is 5.26 Å². The molecular weight excluding hydrogens is 345 g/mol. The molecule has 1 nitrogen and oxygen atoms in total. The van der Waals surface area contributed by atoms with E-state index in [4.69, 9.17) is 5.26 Å². The van der Waals surface area contributed by atoms with Crippen molar-refractivity contribution in [1.29, 1.82) is 5.26 Å². The molecule has 3 rings (SSSR count). The largest absolute Gasteiger partial charge is 0.206 e. The number of hydrogen-bond donors (Lipinski definition) is 0. The summed E-state index contributed by atoms with van der Waals surface area (Å²) in [6.45, 7) is 2.29. The molecule has 0 spiro atoms. The van der Waals surface area contributed by atoms with Gasteiger partial charge in [-0.3, -0.25) is 0 Å². The van der Waals surface area contributed by atoms with E-state index in [0.717, 1.165) is 30.2 Å². The average Bonchev–Trinajstić information content (AvgIpc) is 2.74. The number of rotatable bonds is 7. The number of hydrogen-bond acceptors (Lipinski definition) is 1. The molecule has 2 fully saturated rings. The van der Waals surface area contributed by atoms with Crippen LogP contribution in [0.5, 0.6) is 0 Å². The molecule has 2 saturated carbocycles. The molecule has 0 bridgehead atoms. The predicted molar refractivity (Wildman–Crippen MR) is 115 cm³/mol. The van der Waals surface area contributed by atoms with E-state index in [1.165, 1.54) is 64.2 Å². The summed E-state index contributed by atoms with van der Waals surface area (Å²) in [6.07, 6.45) is 20.9. The molecule has 0 radical (unpaired) electrons. The molecule has 0 N–H and O–H groups in total. The third kappa shape index (κ3) is 5.94. The smallest absolute Gasteiger partial charge is 0.141 e. The lowest BCUT2D eigenvalue weighted by atomic mass is 9.76. The summed E-state index contributed by atoms with van der Waals surface area (Å²) in [5.74, 6) is 2.56. The van der Waals surface area contributed by atoms with E-state index >= 15 is 0 Å². The summed E-state index contributed by atoms with van der Waals surface area (Å²) < 4.78 is 13.9. The summed E-state index contributed by atoms with van der Waals surface area (Å²) in [5.41, 5.74) is 1.22. The fourth-order valence-electron chi connectivity index (χ4n) is 5.19. The standard InChI is InChI=1S/C26H36FN/c1-2-3-4-5-20-6-8-21(9-7-20)10-11-22-12-14-23(15-13-22)24-16-17-25(19-28)26(27)18-24/h10-11,16-18,20-23H,2-9,12-15H2,1H3/b11-10+. The van der Waals surface area contributed by atoms with Crippen LogP contribution in [0.1, 0.15) is 101 Å². The van der Waals surface area contributed by atoms with Gasteiger partial charge in [0, 0.05) is 0 Å². The number of allylic oxidation sites excluding steroid dienone is 2. The van der Waals surface area contributed by atoms with Crippen molar-refractivity contribution >= 4 is 0 Å². The maximum absolute atomic E-state index is 13.9. The average molecular weight is 382 g/mol. The van der Waals surface area contributed by atoms with E-state index in [9.17, 15) is 4.39 Å². The molecule has 28 heavy (non-hydrogen) atoms. The van der Waals surface area contributed by atoms with E-state index < -0.39 is 0 Å². The number of nitrogens with zero attached hydrogens (tertiary/aromatic N) is 1. The monoisotopic (exact) mass is 381 g/mol. The van der Waals surface area contributed by atoms with Gasteiger partial charge in [-0.15, -0.1) is 0 Å². The molecule has 2 aliphatic carbocycles. The van der Waals surface area contributed by atoms with Crippen LogP contribution >= 0.6 is 0 Å². The quantitative estimate of drug-likeness (QED) is 0.347. The van der Waals surface area contributed by atoms with Gasteiger partial charge >= 0.3 is 0 Å². The Morgan fingerprint density at radius 1 is 0.964 bits per heavy atom. The Hall–Kier alpha value is -1.62. The number of nitriles is 1. The van der Waals surface area contributed by atoms with Crippen LogP contribution in [0.15, 0.2) is 30.4 Å². The van der Waals surface area contributed by atoms with Crippen LogP contribution in [0.25, 0.3) is 0 Å². The first-order chi connectivity index (χ1) is 13.7. The van der Waals surface area contributed by atoms with Crippen molar-refractivity contribution < 1.29 is 4.39 Å². The van der Waals surface area contributed by atoms with Crippen LogP contribution in [0, 0.1) is 34.9 Å². The molecule has 0 unspecified atom stereocenters. The Bertz CT molecular complexity index is 670. The van der Waals surface area contributed by atoms with Crippen molar-refractivity contribution in [1.82, 2.24) is 0 Å². The Balaban J connectivity index is 1.40. The van der Waals surface area contributed by atoms with Crippen LogP contribution in [-0.2, 0) is 0 Å². The van der Waals surface area contributed by atoms with Crippen LogP contribution in [0.3, 0.4) is 0 Å². The van der Waals surface area contributed by atoms with Crippen molar-refractivity contribution in [3.63, 3.8) is 0 Å². The van der Waals surface area contributed by atoms with Crippen molar-refractivity contribution in [3.8, 4) is 6.07 Å². The summed E-state index contributed by atoms with van der Waals surface area (Å²) in [4.78, 5) is 0. The zero-order chi connectivity index (χ0) is 19.8. The van der Waals surface area contributed by atoms with Crippen molar-refractivity contribution in [3.05, 3.63) is 47.3 Å². The Morgan fingerprint density at radius 2 is 1.61 bits per heavy atom. The van der Waals surface area contributed by atoms with Crippen molar-refractivity contribution in [2.45, 2.75) is 89.9 Å². The first-order valence-corrected chi connectivity index (χ1v) is 11.6. The third-order valence-corrected chi connectivity index (χ3v) is 7.12. The van der Waals surface area contributed by atoms with Gasteiger partial charge in [-0.1, -0.05) is 50.8 Å². The van der Waals surface area contributed by atoms with E-state index in [2.05, 4.69) is 19.1 Å². The topological polar surface area (TPSA) is 23.8 Å². The van der Waals surface area contributed by atoms with Gasteiger partial charge in [0.2, 0.25) is 0 Å². The van der Waals surface area contributed by atoms with E-state index in [1.807, 2.05) is 12.1 Å². The molecule has 152 valence electrons. The zero-order valence-electron chi connectivity index (χ0n) is 17.5. The highest BCUT2D eigenvalue weighted by atomic mass is 19.1. The molecule has 0 saturated heterocycles. The van der Waals surface area contributed by atoms with Crippen LogP contribution < -0.4 is 0 Å². The predicted octanol–water partition coefficient (Wildman–Crippen LogP) is 7.91. The van der Waals surface area contributed by atoms with E-state index in [0.29, 0.717) is 11.8 Å². The lowest BCUT2D eigenvalue weighted by Crippen LogP contribution is -2.15. The minimum absolute atomic E-state index is 0.153. The number of halogens is 1. The highest BCUT2D eigenvalue weighted by Crippen LogP contribution is 2.38. The summed E-state index contributed by atoms with van der Waals surface area (Å²) in [7, 11) is 0. The molecule has 1 aromatic rings. The van der Waals surface area contributed by atoms with Gasteiger partial charge in [0.25, 0.3) is 0 Å². The lowest BCUT2D eigenvalue weighted by Gasteiger charge is -2.29. The second-order valence-corrected chi connectivity index (χ2v) is 9.12. The second-order valence-electron chi connectivity index (χ2n) is 9.12. The van der Waals surface area contributed by atoms with Gasteiger partial charge in [0.15, 0.2) is 0 Å². The van der Waals surface area contributed by atoms with Gasteiger partial charge in [-0.25, -0.2) is 4.39 Å². The molecule has 0 aromatic heterocycles. The molecule has 0 aliphatic heterocycles. The highest BCUT2D eigenvalue weighted by molar-refractivity contribution is 5.35. The number of benzene rings is 1. The second kappa shape index (κ2) is 10.8. The van der Waals surface area contributed by atoms with Gasteiger partial charge in [0.1, 0.15) is 11.9 Å². The van der Waals surface area contributed by atoms with Crippen LogP contribution in [-0.4, -0.2) is 0 Å². The lowest BCUT2D eigenvalue weighted by molar-refractivity contribution is 0.288. The first kappa shape index (κ1) is 21.1. The summed E-state index contributed by atoms with van der Waals surface area (Å²) in [6, 6.07) is 7.07. The molecule has 0 amide bonds. The van der Waals surface area contributed by atoms with Crippen molar-refractivity contribution in [2.75, 3.05) is 0 Å². The van der Waals surface area contributed by atoms with E-state index in [1.54, 1.807) is 12.1 Å². The van der Waals surface area contributed by atoms with Gasteiger partial charge in [0.05, 0.1) is 5.56 Å². The van der Waals surface area contributed by atoms with Gasteiger partial charge in [-0.05, 0) is 92.7 Å². The molecule has 2 aliphatic rings. The normalized spacial score (nSPS) is 28.3. The summed E-state index contributed by atoms with van der Waals surface area (Å²) in [5, 5.41) is 8.89. The molecular formula is C26H36FN. The fourth-order valence-corrected chi connectivity index (χ4v) is 5.19. The van der Waals surface area contributed by atoms with Gasteiger partial charge < -0.3 is 0 Å². The maximum atomic E-state index is 13.9. The zero-order valence-corrected chi connectivity index (χ0v) is 17.5. The minimum atomic E-state index is -0.368. The molecule has 0 atom stereocenters. The molecule has 2 heteroatoms. The van der Waals surface area contributed by atoms with Crippen LogP contribution in [0.4, 0.5) is 4.39 Å². The highest BCUT2D eigenvalue weighted by Gasteiger charge is 2.23. The Morgan fingerprint density at radius 3 is 2.18 bits per heavy atom. The first-order valence-electron chi connectivity index (χ1n) is 11.6. The van der Waals surface area contributed by atoms with E-state index in [-0.39, 0.29) is 11.4 Å². The summed E-state index contributed by atoms with van der Waals surface area (Å²) >= 11 is 0. The Labute approximate surface area is 171 Å². The molecule has 1 aromatic carbocycles.